The molecule has 2 rings (SSSR count). The lowest BCUT2D eigenvalue weighted by Gasteiger charge is -2.33. The zero-order valence-corrected chi connectivity index (χ0v) is 10.1. The van der Waals surface area contributed by atoms with Crippen molar-refractivity contribution in [1.29, 1.82) is 0 Å². The zero-order chi connectivity index (χ0) is 10.1. The Morgan fingerprint density at radius 2 is 2.14 bits per heavy atom. The second-order valence-electron chi connectivity index (χ2n) is 4.97. The first kappa shape index (κ1) is 10.3. The molecule has 1 atom stereocenters. The highest BCUT2D eigenvalue weighted by Crippen LogP contribution is 2.29. The highest BCUT2D eigenvalue weighted by molar-refractivity contribution is 8.14. The van der Waals surface area contributed by atoms with Crippen molar-refractivity contribution in [3.8, 4) is 0 Å². The van der Waals surface area contributed by atoms with Crippen LogP contribution in [0, 0.1) is 11.8 Å². The third kappa shape index (κ3) is 2.25. The first-order chi connectivity index (χ1) is 6.65. The molecule has 1 heterocycles. The van der Waals surface area contributed by atoms with Gasteiger partial charge in [-0.05, 0) is 24.7 Å². The molecule has 0 unspecified atom stereocenters. The molecule has 0 bridgehead atoms. The third-order valence-corrected chi connectivity index (χ3v) is 4.15. The summed E-state index contributed by atoms with van der Waals surface area (Å²) in [5.74, 6) is 2.77. The molecule has 0 amide bonds. The standard InChI is InChI=1S/C11H20N2S/c1-7(2)10-6-14-11(13-10)12-9-4-8(3)5-9/h7-10H,4-6H2,1-3H3,(H,12,13)/t8?,9?,10-/m1/s1. The molecule has 1 aliphatic heterocycles. The molecule has 0 aromatic carbocycles. The maximum Gasteiger partial charge on any atom is 0.157 e. The van der Waals surface area contributed by atoms with Gasteiger partial charge in [0.15, 0.2) is 5.17 Å². The molecule has 0 aromatic rings. The van der Waals surface area contributed by atoms with Crippen LogP contribution in [0.4, 0.5) is 0 Å². The van der Waals surface area contributed by atoms with E-state index < -0.39 is 0 Å². The van der Waals surface area contributed by atoms with Crippen LogP contribution in [0.3, 0.4) is 0 Å². The summed E-state index contributed by atoms with van der Waals surface area (Å²) in [6.07, 6.45) is 2.65. The van der Waals surface area contributed by atoms with Gasteiger partial charge >= 0.3 is 0 Å². The van der Waals surface area contributed by atoms with E-state index in [2.05, 4.69) is 26.1 Å². The molecule has 1 N–H and O–H groups in total. The van der Waals surface area contributed by atoms with Gasteiger partial charge in [-0.15, -0.1) is 0 Å². The fourth-order valence-electron chi connectivity index (χ4n) is 2.00. The number of thioether (sulfide) groups is 1. The summed E-state index contributed by atoms with van der Waals surface area (Å²) in [5, 5.41) is 4.74. The van der Waals surface area contributed by atoms with Gasteiger partial charge in [0.25, 0.3) is 0 Å². The highest BCUT2D eigenvalue weighted by atomic mass is 32.2. The van der Waals surface area contributed by atoms with Gasteiger partial charge in [-0.3, -0.25) is 4.99 Å². The number of hydrogen-bond acceptors (Lipinski definition) is 3. The van der Waals surface area contributed by atoms with Crippen LogP contribution in [0.5, 0.6) is 0 Å². The first-order valence-electron chi connectivity index (χ1n) is 5.62. The van der Waals surface area contributed by atoms with Gasteiger partial charge in [0.05, 0.1) is 6.04 Å². The van der Waals surface area contributed by atoms with Crippen LogP contribution < -0.4 is 5.32 Å². The zero-order valence-electron chi connectivity index (χ0n) is 9.29. The van der Waals surface area contributed by atoms with Crippen LogP contribution in [-0.2, 0) is 0 Å². The Labute approximate surface area is 90.9 Å². The largest absolute Gasteiger partial charge is 0.362 e. The summed E-state index contributed by atoms with van der Waals surface area (Å²) in [6, 6.07) is 1.25. The first-order valence-corrected chi connectivity index (χ1v) is 6.61. The van der Waals surface area contributed by atoms with E-state index in [4.69, 9.17) is 4.99 Å². The SMILES string of the molecule is CC1CC(NC2=N[C@@H](C(C)C)CS2)C1. The lowest BCUT2D eigenvalue weighted by molar-refractivity contribution is 0.269. The van der Waals surface area contributed by atoms with E-state index in [-0.39, 0.29) is 0 Å². The van der Waals surface area contributed by atoms with E-state index in [1.165, 1.54) is 23.8 Å². The topological polar surface area (TPSA) is 24.4 Å². The molecule has 1 saturated carbocycles. The van der Waals surface area contributed by atoms with E-state index in [1.54, 1.807) is 0 Å². The van der Waals surface area contributed by atoms with Crippen molar-refractivity contribution in [2.45, 2.75) is 45.7 Å². The van der Waals surface area contributed by atoms with E-state index in [0.717, 1.165) is 5.92 Å². The molecule has 80 valence electrons. The average molecular weight is 212 g/mol. The second-order valence-corrected chi connectivity index (χ2v) is 5.98. The second kappa shape index (κ2) is 4.13. The van der Waals surface area contributed by atoms with Gasteiger partial charge < -0.3 is 5.32 Å². The van der Waals surface area contributed by atoms with Gasteiger partial charge in [-0.1, -0.05) is 32.5 Å². The molecule has 1 fully saturated rings. The van der Waals surface area contributed by atoms with Gasteiger partial charge in [0.1, 0.15) is 0 Å². The van der Waals surface area contributed by atoms with Crippen molar-refractivity contribution in [3.63, 3.8) is 0 Å². The highest BCUT2D eigenvalue weighted by Gasteiger charge is 2.28. The third-order valence-electron chi connectivity index (χ3n) is 3.14. The molecule has 0 radical (unpaired) electrons. The number of nitrogens with zero attached hydrogens (tertiary/aromatic N) is 1. The Hall–Kier alpha value is -0.180. The summed E-state index contributed by atoms with van der Waals surface area (Å²) < 4.78 is 0. The van der Waals surface area contributed by atoms with E-state index in [9.17, 15) is 0 Å². The number of nitrogens with one attached hydrogen (secondary N) is 1. The molecule has 0 aromatic heterocycles. The van der Waals surface area contributed by atoms with Crippen molar-refractivity contribution in [3.05, 3.63) is 0 Å². The molecular formula is C11H20N2S. The van der Waals surface area contributed by atoms with Gasteiger partial charge in [-0.2, -0.15) is 0 Å². The summed E-state index contributed by atoms with van der Waals surface area (Å²) >= 11 is 1.90. The predicted octanol–water partition coefficient (Wildman–Crippen LogP) is 2.50. The minimum Gasteiger partial charge on any atom is -0.362 e. The Kier molecular flexibility index (Phi) is 3.05. The minimum absolute atomic E-state index is 0.542. The molecular weight excluding hydrogens is 192 g/mol. The van der Waals surface area contributed by atoms with Crippen LogP contribution in [-0.4, -0.2) is 23.0 Å². The van der Waals surface area contributed by atoms with Gasteiger partial charge in [0.2, 0.25) is 0 Å². The quantitative estimate of drug-likeness (QED) is 0.760. The number of amidine groups is 1. The number of hydrogen-bond donors (Lipinski definition) is 1. The lowest BCUT2D eigenvalue weighted by atomic mass is 9.82. The Morgan fingerprint density at radius 1 is 1.43 bits per heavy atom. The van der Waals surface area contributed by atoms with E-state index >= 15 is 0 Å². The summed E-state index contributed by atoms with van der Waals surface area (Å²) in [5.41, 5.74) is 0. The lowest BCUT2D eigenvalue weighted by Crippen LogP contribution is -2.42. The fourth-order valence-corrected chi connectivity index (χ4v) is 3.25. The molecule has 0 saturated heterocycles. The maximum atomic E-state index is 4.70. The predicted molar refractivity (Wildman–Crippen MR) is 63.8 cm³/mol. The molecule has 3 heteroatoms. The van der Waals surface area contributed by atoms with Crippen LogP contribution in [0.15, 0.2) is 4.99 Å². The summed E-state index contributed by atoms with van der Waals surface area (Å²) in [7, 11) is 0. The normalized spacial score (nSPS) is 36.9. The summed E-state index contributed by atoms with van der Waals surface area (Å²) in [6.45, 7) is 6.82. The van der Waals surface area contributed by atoms with Crippen molar-refractivity contribution in [2.24, 2.45) is 16.8 Å². The summed E-state index contributed by atoms with van der Waals surface area (Å²) in [4.78, 5) is 4.70. The van der Waals surface area contributed by atoms with Crippen LogP contribution in [0.2, 0.25) is 0 Å². The van der Waals surface area contributed by atoms with Crippen molar-refractivity contribution >= 4 is 16.9 Å². The van der Waals surface area contributed by atoms with E-state index in [1.807, 2.05) is 11.8 Å². The maximum absolute atomic E-state index is 4.70. The van der Waals surface area contributed by atoms with Crippen LogP contribution in [0.1, 0.15) is 33.6 Å². The van der Waals surface area contributed by atoms with Gasteiger partial charge in [-0.25, -0.2) is 0 Å². The molecule has 2 aliphatic rings. The molecule has 2 nitrogen and oxygen atoms in total. The molecule has 0 spiro atoms. The molecule has 14 heavy (non-hydrogen) atoms. The number of rotatable bonds is 2. The van der Waals surface area contributed by atoms with E-state index in [0.29, 0.717) is 18.0 Å². The minimum atomic E-state index is 0.542. The van der Waals surface area contributed by atoms with Crippen LogP contribution >= 0.6 is 11.8 Å². The van der Waals surface area contributed by atoms with Crippen molar-refractivity contribution in [2.75, 3.05) is 5.75 Å². The Morgan fingerprint density at radius 3 is 2.64 bits per heavy atom. The smallest absolute Gasteiger partial charge is 0.157 e. The monoisotopic (exact) mass is 212 g/mol. The Bertz CT molecular complexity index is 231. The Balaban J connectivity index is 1.79. The number of aliphatic imine (C=N–C) groups is 1. The van der Waals surface area contributed by atoms with Crippen molar-refractivity contribution < 1.29 is 0 Å². The molecule has 1 aliphatic carbocycles. The van der Waals surface area contributed by atoms with Gasteiger partial charge in [0, 0.05) is 11.8 Å². The van der Waals surface area contributed by atoms with Crippen molar-refractivity contribution in [1.82, 2.24) is 5.32 Å². The van der Waals surface area contributed by atoms with Crippen LogP contribution in [0.25, 0.3) is 0 Å². The average Bonchev–Trinajstić information content (AvgIpc) is 2.50. The fraction of sp³-hybridized carbons (Fsp3) is 0.909.